The molecule has 2 heterocycles. The average molecular weight is 349 g/mol. The third-order valence-electron chi connectivity index (χ3n) is 4.22. The molecule has 5 nitrogen and oxygen atoms in total. The van der Waals surface area contributed by atoms with Gasteiger partial charge >= 0.3 is 0 Å². The minimum Gasteiger partial charge on any atom is -0.439 e. The quantitative estimate of drug-likeness (QED) is 0.543. The highest BCUT2D eigenvalue weighted by molar-refractivity contribution is 5.80. The first-order chi connectivity index (χ1) is 12.7. The van der Waals surface area contributed by atoms with Crippen LogP contribution in [0.2, 0.25) is 0 Å². The van der Waals surface area contributed by atoms with Crippen molar-refractivity contribution in [2.75, 3.05) is 18.5 Å². The van der Waals surface area contributed by atoms with Crippen molar-refractivity contribution in [2.45, 2.75) is 25.7 Å². The van der Waals surface area contributed by atoms with Crippen molar-refractivity contribution >= 4 is 11.5 Å². The van der Waals surface area contributed by atoms with E-state index in [1.54, 1.807) is 12.4 Å². The fraction of sp³-hybridized carbons (Fsp3) is 0.286. The van der Waals surface area contributed by atoms with Crippen LogP contribution in [-0.2, 0) is 11.2 Å². The number of Topliss-reactive ketones (excluding diaryl/α,β-unsaturated/α-hetero) is 1. The maximum absolute atomic E-state index is 12.1. The summed E-state index contributed by atoms with van der Waals surface area (Å²) in [5.74, 6) is 1.21. The number of pyridine rings is 1. The Morgan fingerprint density at radius 1 is 1.04 bits per heavy atom. The summed E-state index contributed by atoms with van der Waals surface area (Å²) >= 11 is 0. The molecule has 26 heavy (non-hydrogen) atoms. The van der Waals surface area contributed by atoms with Gasteiger partial charge in [0.15, 0.2) is 5.76 Å². The lowest BCUT2D eigenvalue weighted by atomic mass is 10.1. The largest absolute Gasteiger partial charge is 0.439 e. The normalized spacial score (nSPS) is 10.7. The van der Waals surface area contributed by atoms with Crippen LogP contribution >= 0.6 is 0 Å². The zero-order valence-electron chi connectivity index (χ0n) is 15.0. The van der Waals surface area contributed by atoms with Crippen molar-refractivity contribution in [1.82, 2.24) is 9.97 Å². The van der Waals surface area contributed by atoms with Crippen LogP contribution < -0.4 is 4.90 Å². The van der Waals surface area contributed by atoms with Crippen molar-refractivity contribution in [3.63, 3.8) is 0 Å². The standard InChI is InChI=1S/C21H23N3O2/c1-24(17-9-3-2-4-10-17)14-8-6-11-18(25)15-21-23-16-20(26-21)19-12-5-7-13-22-19/h2-5,7,9-10,12-13,16H,6,8,11,14-15H2,1H3. The van der Waals surface area contributed by atoms with Gasteiger partial charge in [0.05, 0.1) is 12.6 Å². The van der Waals surface area contributed by atoms with Crippen molar-refractivity contribution < 1.29 is 9.21 Å². The number of para-hydroxylation sites is 1. The topological polar surface area (TPSA) is 59.2 Å². The highest BCUT2D eigenvalue weighted by atomic mass is 16.4. The molecule has 1 aromatic carbocycles. The summed E-state index contributed by atoms with van der Waals surface area (Å²) in [6.07, 6.45) is 5.95. The molecular weight excluding hydrogens is 326 g/mol. The lowest BCUT2D eigenvalue weighted by molar-refractivity contribution is -0.118. The van der Waals surface area contributed by atoms with E-state index in [4.69, 9.17) is 4.42 Å². The molecule has 0 spiro atoms. The monoisotopic (exact) mass is 349 g/mol. The number of nitrogens with zero attached hydrogens (tertiary/aromatic N) is 3. The van der Waals surface area contributed by atoms with Crippen molar-refractivity contribution in [3.05, 3.63) is 66.8 Å². The number of anilines is 1. The summed E-state index contributed by atoms with van der Waals surface area (Å²) in [4.78, 5) is 22.8. The van der Waals surface area contributed by atoms with E-state index in [1.165, 1.54) is 5.69 Å². The summed E-state index contributed by atoms with van der Waals surface area (Å²) < 4.78 is 5.64. The van der Waals surface area contributed by atoms with E-state index < -0.39 is 0 Å². The fourth-order valence-corrected chi connectivity index (χ4v) is 2.76. The van der Waals surface area contributed by atoms with Gasteiger partial charge in [0.1, 0.15) is 11.5 Å². The molecule has 0 aliphatic heterocycles. The number of aromatic nitrogens is 2. The molecule has 2 aromatic heterocycles. The maximum Gasteiger partial charge on any atom is 0.202 e. The summed E-state index contributed by atoms with van der Waals surface area (Å²) in [5.41, 5.74) is 1.92. The van der Waals surface area contributed by atoms with Crippen LogP contribution in [0.3, 0.4) is 0 Å². The molecule has 0 radical (unpaired) electrons. The molecular formula is C21H23N3O2. The predicted octanol–water partition coefficient (Wildman–Crippen LogP) is 4.15. The molecule has 0 saturated heterocycles. The molecule has 134 valence electrons. The Morgan fingerprint density at radius 3 is 2.62 bits per heavy atom. The second-order valence-corrected chi connectivity index (χ2v) is 6.26. The number of oxazole rings is 1. The maximum atomic E-state index is 12.1. The van der Waals surface area contributed by atoms with Gasteiger partial charge in [-0.1, -0.05) is 24.3 Å². The minimum absolute atomic E-state index is 0.154. The van der Waals surface area contributed by atoms with E-state index in [9.17, 15) is 4.79 Å². The van der Waals surface area contributed by atoms with Gasteiger partial charge in [-0.15, -0.1) is 0 Å². The smallest absolute Gasteiger partial charge is 0.202 e. The average Bonchev–Trinajstić information content (AvgIpc) is 3.15. The van der Waals surface area contributed by atoms with Crippen LogP contribution in [0.5, 0.6) is 0 Å². The number of unbranched alkanes of at least 4 members (excludes halogenated alkanes) is 1. The zero-order chi connectivity index (χ0) is 18.2. The molecule has 0 N–H and O–H groups in total. The fourth-order valence-electron chi connectivity index (χ4n) is 2.76. The Hall–Kier alpha value is -2.95. The number of hydrogen-bond donors (Lipinski definition) is 0. The van der Waals surface area contributed by atoms with Crippen LogP contribution in [0.25, 0.3) is 11.5 Å². The molecule has 3 aromatic rings. The molecule has 0 saturated carbocycles. The van der Waals surface area contributed by atoms with Crippen LogP contribution in [0.15, 0.2) is 65.3 Å². The Bertz CT molecular complexity index is 816. The molecule has 0 fully saturated rings. The van der Waals surface area contributed by atoms with Crippen LogP contribution in [0, 0.1) is 0 Å². The van der Waals surface area contributed by atoms with Crippen molar-refractivity contribution in [2.24, 2.45) is 0 Å². The Morgan fingerprint density at radius 2 is 1.85 bits per heavy atom. The number of carbonyl (C=O) groups excluding carboxylic acids is 1. The van der Waals surface area contributed by atoms with E-state index in [1.807, 2.05) is 36.4 Å². The lowest BCUT2D eigenvalue weighted by Gasteiger charge is -2.18. The van der Waals surface area contributed by atoms with E-state index in [0.717, 1.165) is 25.1 Å². The van der Waals surface area contributed by atoms with Gasteiger partial charge in [0.25, 0.3) is 0 Å². The molecule has 0 aliphatic rings. The Kier molecular flexibility index (Phi) is 6.14. The SMILES string of the molecule is CN(CCCCC(=O)Cc1ncc(-c2ccccn2)o1)c1ccccc1. The lowest BCUT2D eigenvalue weighted by Crippen LogP contribution is -2.18. The third-order valence-corrected chi connectivity index (χ3v) is 4.22. The van der Waals surface area contributed by atoms with Gasteiger partial charge < -0.3 is 9.32 Å². The Balaban J connectivity index is 1.40. The highest BCUT2D eigenvalue weighted by Crippen LogP contribution is 2.18. The van der Waals surface area contributed by atoms with E-state index in [0.29, 0.717) is 18.1 Å². The van der Waals surface area contributed by atoms with Gasteiger partial charge in [-0.3, -0.25) is 9.78 Å². The molecule has 0 amide bonds. The molecule has 0 unspecified atom stereocenters. The summed E-state index contributed by atoms with van der Waals surface area (Å²) in [5, 5.41) is 0. The third kappa shape index (κ3) is 5.02. The number of benzene rings is 1. The second kappa shape index (κ2) is 8.94. The first kappa shape index (κ1) is 17.9. The summed E-state index contributed by atoms with van der Waals surface area (Å²) in [7, 11) is 2.07. The summed E-state index contributed by atoms with van der Waals surface area (Å²) in [6, 6.07) is 15.9. The van der Waals surface area contributed by atoms with Crippen molar-refractivity contribution in [1.29, 1.82) is 0 Å². The van der Waals surface area contributed by atoms with Crippen LogP contribution in [-0.4, -0.2) is 29.3 Å². The highest BCUT2D eigenvalue weighted by Gasteiger charge is 2.11. The van der Waals surface area contributed by atoms with Crippen LogP contribution in [0.4, 0.5) is 5.69 Å². The molecule has 0 aliphatic carbocycles. The molecule has 0 bridgehead atoms. The summed E-state index contributed by atoms with van der Waals surface area (Å²) in [6.45, 7) is 0.931. The molecule has 0 atom stereocenters. The second-order valence-electron chi connectivity index (χ2n) is 6.26. The first-order valence-electron chi connectivity index (χ1n) is 8.86. The van der Waals surface area contributed by atoms with E-state index in [2.05, 4.69) is 34.0 Å². The number of rotatable bonds is 9. The number of ketones is 1. The van der Waals surface area contributed by atoms with Crippen molar-refractivity contribution in [3.8, 4) is 11.5 Å². The van der Waals surface area contributed by atoms with Crippen LogP contribution in [0.1, 0.15) is 25.2 Å². The number of carbonyl (C=O) groups is 1. The van der Waals surface area contributed by atoms with Gasteiger partial charge in [0.2, 0.25) is 5.89 Å². The van der Waals surface area contributed by atoms with Gasteiger partial charge in [0, 0.05) is 31.9 Å². The van der Waals surface area contributed by atoms with Gasteiger partial charge in [-0.05, 0) is 37.1 Å². The first-order valence-corrected chi connectivity index (χ1v) is 8.86. The predicted molar refractivity (Wildman–Crippen MR) is 102 cm³/mol. The van der Waals surface area contributed by atoms with Gasteiger partial charge in [-0.25, -0.2) is 4.98 Å². The van der Waals surface area contributed by atoms with Gasteiger partial charge in [-0.2, -0.15) is 0 Å². The number of hydrogen-bond acceptors (Lipinski definition) is 5. The van der Waals surface area contributed by atoms with E-state index >= 15 is 0 Å². The Labute approximate surface area is 153 Å². The molecule has 5 heteroatoms. The van der Waals surface area contributed by atoms with E-state index in [-0.39, 0.29) is 12.2 Å². The minimum atomic E-state index is 0.154. The molecule has 3 rings (SSSR count). The zero-order valence-corrected chi connectivity index (χ0v) is 15.0.